The highest BCUT2D eigenvalue weighted by Crippen LogP contribution is 2.21. The molecule has 0 atom stereocenters. The molecule has 29 heavy (non-hydrogen) atoms. The van der Waals surface area contributed by atoms with Crippen LogP contribution in [0.1, 0.15) is 23.2 Å². The summed E-state index contributed by atoms with van der Waals surface area (Å²) < 4.78 is 5.14. The highest BCUT2D eigenvalue weighted by molar-refractivity contribution is 7.08. The molecule has 2 N–H and O–H groups in total. The van der Waals surface area contributed by atoms with Crippen molar-refractivity contribution in [3.8, 4) is 17.0 Å². The minimum atomic E-state index is -0.184. The Bertz CT molecular complexity index is 1020. The van der Waals surface area contributed by atoms with Crippen molar-refractivity contribution in [1.82, 2.24) is 14.9 Å². The number of nitrogens with zero attached hydrogens (tertiary/aromatic N) is 2. The van der Waals surface area contributed by atoms with E-state index in [2.05, 4.69) is 15.3 Å². The maximum absolute atomic E-state index is 12.7. The standard InChI is InChI=1S/C21H22N4O3S/c1-28-17-4-2-14(3-5-17)20(27)25-9-6-16(7-10-25)22-21-23-18(12-19(26)24-21)15-8-11-29-13-15/h2-5,8,11-13,16H,6-7,9-10H2,1H3,(H2,22,23,24,26). The number of hydrogen-bond acceptors (Lipinski definition) is 6. The first-order valence-electron chi connectivity index (χ1n) is 9.46. The van der Waals surface area contributed by atoms with Crippen LogP contribution in [0.25, 0.3) is 11.3 Å². The zero-order valence-electron chi connectivity index (χ0n) is 16.1. The molecule has 150 valence electrons. The van der Waals surface area contributed by atoms with Gasteiger partial charge in [0.2, 0.25) is 5.95 Å². The predicted molar refractivity (Wildman–Crippen MR) is 114 cm³/mol. The molecule has 0 radical (unpaired) electrons. The van der Waals surface area contributed by atoms with Crippen LogP contribution in [-0.2, 0) is 0 Å². The summed E-state index contributed by atoms with van der Waals surface area (Å²) >= 11 is 1.57. The van der Waals surface area contributed by atoms with Crippen LogP contribution in [0.5, 0.6) is 5.75 Å². The number of nitrogens with one attached hydrogen (secondary N) is 2. The summed E-state index contributed by atoms with van der Waals surface area (Å²) in [4.78, 5) is 33.8. The lowest BCUT2D eigenvalue weighted by atomic mass is 10.0. The normalized spacial score (nSPS) is 14.6. The monoisotopic (exact) mass is 410 g/mol. The number of rotatable bonds is 5. The molecule has 1 aromatic carbocycles. The lowest BCUT2D eigenvalue weighted by molar-refractivity contribution is 0.0718. The molecule has 0 unspecified atom stereocenters. The molecular weight excluding hydrogens is 388 g/mol. The highest BCUT2D eigenvalue weighted by atomic mass is 32.1. The molecule has 4 rings (SSSR count). The number of methoxy groups -OCH3 is 1. The van der Waals surface area contributed by atoms with Gasteiger partial charge in [-0.2, -0.15) is 11.3 Å². The van der Waals surface area contributed by atoms with Gasteiger partial charge in [0, 0.05) is 41.7 Å². The lowest BCUT2D eigenvalue weighted by Crippen LogP contribution is -2.42. The van der Waals surface area contributed by atoms with Gasteiger partial charge in [0.15, 0.2) is 0 Å². The van der Waals surface area contributed by atoms with Crippen LogP contribution < -0.4 is 15.6 Å². The Morgan fingerprint density at radius 1 is 1.24 bits per heavy atom. The Morgan fingerprint density at radius 2 is 2.00 bits per heavy atom. The smallest absolute Gasteiger partial charge is 0.253 e. The van der Waals surface area contributed by atoms with Gasteiger partial charge >= 0.3 is 0 Å². The molecule has 1 amide bonds. The average molecular weight is 410 g/mol. The maximum Gasteiger partial charge on any atom is 0.253 e. The summed E-state index contributed by atoms with van der Waals surface area (Å²) in [6.45, 7) is 1.30. The molecule has 7 nitrogen and oxygen atoms in total. The van der Waals surface area contributed by atoms with Crippen molar-refractivity contribution in [3.05, 3.63) is 63.1 Å². The molecule has 0 spiro atoms. The van der Waals surface area contributed by atoms with Crippen LogP contribution in [0.3, 0.4) is 0 Å². The van der Waals surface area contributed by atoms with E-state index in [0.29, 0.717) is 30.3 Å². The van der Waals surface area contributed by atoms with Crippen molar-refractivity contribution < 1.29 is 9.53 Å². The zero-order valence-corrected chi connectivity index (χ0v) is 16.9. The second kappa shape index (κ2) is 8.48. The Hall–Kier alpha value is -3.13. The zero-order chi connectivity index (χ0) is 20.2. The highest BCUT2D eigenvalue weighted by Gasteiger charge is 2.24. The van der Waals surface area contributed by atoms with Gasteiger partial charge in [-0.05, 0) is 48.6 Å². The van der Waals surface area contributed by atoms with Gasteiger partial charge in [-0.1, -0.05) is 0 Å². The second-order valence-corrected chi connectivity index (χ2v) is 7.71. The Labute approximate surface area is 172 Å². The number of ether oxygens (including phenoxy) is 1. The molecule has 1 aliphatic heterocycles. The fourth-order valence-corrected chi connectivity index (χ4v) is 4.07. The van der Waals surface area contributed by atoms with Gasteiger partial charge in [-0.15, -0.1) is 0 Å². The third kappa shape index (κ3) is 4.48. The topological polar surface area (TPSA) is 87.3 Å². The van der Waals surface area contributed by atoms with Gasteiger partial charge in [-0.25, -0.2) is 4.98 Å². The molecule has 0 saturated carbocycles. The number of H-pyrrole nitrogens is 1. The molecule has 1 saturated heterocycles. The summed E-state index contributed by atoms with van der Waals surface area (Å²) in [6, 6.07) is 10.8. The van der Waals surface area contributed by atoms with Crippen LogP contribution in [0.2, 0.25) is 0 Å². The van der Waals surface area contributed by atoms with E-state index in [4.69, 9.17) is 4.74 Å². The number of thiophene rings is 1. The molecule has 3 aromatic rings. The van der Waals surface area contributed by atoms with Crippen molar-refractivity contribution in [1.29, 1.82) is 0 Å². The minimum absolute atomic E-state index is 0.0251. The first-order chi connectivity index (χ1) is 14.1. The summed E-state index contributed by atoms with van der Waals surface area (Å²) in [5, 5.41) is 7.25. The van der Waals surface area contributed by atoms with Crippen LogP contribution >= 0.6 is 11.3 Å². The average Bonchev–Trinajstić information content (AvgIpc) is 3.28. The molecule has 0 bridgehead atoms. The fourth-order valence-electron chi connectivity index (χ4n) is 3.42. The predicted octanol–water partition coefficient (Wildman–Crippen LogP) is 3.22. The summed E-state index contributed by atoms with van der Waals surface area (Å²) in [7, 11) is 1.60. The number of carbonyl (C=O) groups is 1. The van der Waals surface area contributed by atoms with Gasteiger partial charge in [0.25, 0.3) is 11.5 Å². The van der Waals surface area contributed by atoms with E-state index in [1.807, 2.05) is 21.7 Å². The first-order valence-corrected chi connectivity index (χ1v) is 10.4. The molecule has 1 aliphatic rings. The van der Waals surface area contributed by atoms with E-state index in [9.17, 15) is 9.59 Å². The largest absolute Gasteiger partial charge is 0.497 e. The van der Waals surface area contributed by atoms with E-state index in [1.54, 1.807) is 42.7 Å². The van der Waals surface area contributed by atoms with Crippen molar-refractivity contribution >= 4 is 23.2 Å². The van der Waals surface area contributed by atoms with Crippen molar-refractivity contribution in [3.63, 3.8) is 0 Å². The Balaban J connectivity index is 1.37. The number of anilines is 1. The van der Waals surface area contributed by atoms with Gasteiger partial charge < -0.3 is 15.0 Å². The third-order valence-electron chi connectivity index (χ3n) is 5.02. The van der Waals surface area contributed by atoms with Gasteiger partial charge in [0.1, 0.15) is 5.75 Å². The van der Waals surface area contributed by atoms with Gasteiger partial charge in [-0.3, -0.25) is 14.6 Å². The Morgan fingerprint density at radius 3 is 2.66 bits per heavy atom. The number of aromatic nitrogens is 2. The van der Waals surface area contributed by atoms with E-state index < -0.39 is 0 Å². The van der Waals surface area contributed by atoms with Crippen LogP contribution in [-0.4, -0.2) is 47.0 Å². The Kier molecular flexibility index (Phi) is 5.62. The molecule has 1 fully saturated rings. The maximum atomic E-state index is 12.7. The number of piperidine rings is 1. The van der Waals surface area contributed by atoms with Gasteiger partial charge in [0.05, 0.1) is 12.8 Å². The van der Waals surface area contributed by atoms with Crippen LogP contribution in [0.4, 0.5) is 5.95 Å². The molecule has 0 aliphatic carbocycles. The number of carbonyl (C=O) groups excluding carboxylic acids is 1. The number of hydrogen-bond donors (Lipinski definition) is 2. The molecular formula is C21H22N4O3S. The summed E-state index contributed by atoms with van der Waals surface area (Å²) in [5.74, 6) is 1.23. The van der Waals surface area contributed by atoms with E-state index >= 15 is 0 Å². The number of aromatic amines is 1. The van der Waals surface area contributed by atoms with Crippen molar-refractivity contribution in [2.75, 3.05) is 25.5 Å². The van der Waals surface area contributed by atoms with Crippen molar-refractivity contribution in [2.45, 2.75) is 18.9 Å². The van der Waals surface area contributed by atoms with Crippen LogP contribution in [0.15, 0.2) is 52.0 Å². The SMILES string of the molecule is COc1ccc(C(=O)N2CCC(Nc3nc(-c4ccsc4)cc(=O)[nH]3)CC2)cc1. The van der Waals surface area contributed by atoms with Crippen molar-refractivity contribution in [2.24, 2.45) is 0 Å². The van der Waals surface area contributed by atoms with Crippen LogP contribution in [0, 0.1) is 0 Å². The first kappa shape index (κ1) is 19.2. The van der Waals surface area contributed by atoms with E-state index in [0.717, 1.165) is 24.2 Å². The lowest BCUT2D eigenvalue weighted by Gasteiger charge is -2.32. The van der Waals surface area contributed by atoms with E-state index in [-0.39, 0.29) is 17.5 Å². The number of benzene rings is 1. The molecule has 3 heterocycles. The number of likely N-dealkylation sites (tertiary alicyclic amines) is 1. The summed E-state index contributed by atoms with van der Waals surface area (Å²) in [6.07, 6.45) is 1.57. The second-order valence-electron chi connectivity index (χ2n) is 6.93. The molecule has 8 heteroatoms. The molecule has 2 aromatic heterocycles. The minimum Gasteiger partial charge on any atom is -0.497 e. The number of amides is 1. The fraction of sp³-hybridized carbons (Fsp3) is 0.286. The quantitative estimate of drug-likeness (QED) is 0.674. The summed E-state index contributed by atoms with van der Waals surface area (Å²) in [5.41, 5.74) is 2.07. The third-order valence-corrected chi connectivity index (χ3v) is 5.70. The van der Waals surface area contributed by atoms with E-state index in [1.165, 1.54) is 6.07 Å².